The largest absolute Gasteiger partial charge is 0.481 e. The van der Waals surface area contributed by atoms with E-state index in [2.05, 4.69) is 5.32 Å². The van der Waals surface area contributed by atoms with Gasteiger partial charge in [0.1, 0.15) is 5.82 Å². The summed E-state index contributed by atoms with van der Waals surface area (Å²) in [7, 11) is 0. The fraction of sp³-hybridized carbons (Fsp3) is 0.273. The summed E-state index contributed by atoms with van der Waals surface area (Å²) in [5.41, 5.74) is 1.38. The van der Waals surface area contributed by atoms with Crippen molar-refractivity contribution in [1.82, 2.24) is 4.57 Å². The van der Waals surface area contributed by atoms with Crippen molar-refractivity contribution >= 4 is 55.3 Å². The number of nitrogens with zero attached hydrogens (tertiary/aromatic N) is 1. The first-order valence-electron chi connectivity index (χ1n) is 15.8. The van der Waals surface area contributed by atoms with Gasteiger partial charge in [0.25, 0.3) is 5.91 Å². The SMILES string of the molecule is [2H]c1c([2H])c([2H])c(-c2c(C(=O)Nc3ccccc3)c(C(C)C)n(CC[C@@H](O)C[C@@H](O)CC(=O)O)c2-c2ccc(F)cc2)c([2H])c1[2H].[Ca]. The molecule has 4 aromatic rings. The van der Waals surface area contributed by atoms with Gasteiger partial charge in [-0.2, -0.15) is 0 Å². The summed E-state index contributed by atoms with van der Waals surface area (Å²) in [5.74, 6) is -2.76. The maximum Gasteiger partial charge on any atom is 0.305 e. The van der Waals surface area contributed by atoms with Crippen molar-refractivity contribution in [2.45, 2.75) is 57.8 Å². The Morgan fingerprint density at radius 1 is 0.952 bits per heavy atom. The summed E-state index contributed by atoms with van der Waals surface area (Å²) in [5, 5.41) is 32.7. The fourth-order valence-corrected chi connectivity index (χ4v) is 4.94. The third-order valence-corrected chi connectivity index (χ3v) is 6.62. The van der Waals surface area contributed by atoms with E-state index in [1.807, 2.05) is 13.8 Å². The number of hydrogen-bond donors (Lipinski definition) is 4. The molecule has 1 heterocycles. The van der Waals surface area contributed by atoms with Crippen LogP contribution in [-0.4, -0.2) is 81.7 Å². The van der Waals surface area contributed by atoms with E-state index in [0.29, 0.717) is 16.9 Å². The van der Waals surface area contributed by atoms with Crippen LogP contribution >= 0.6 is 0 Å². The number of aliphatic carboxylic acids is 1. The van der Waals surface area contributed by atoms with Crippen LogP contribution < -0.4 is 5.32 Å². The Balaban J connectivity index is 0.00000600. The van der Waals surface area contributed by atoms with E-state index in [4.69, 9.17) is 12.0 Å². The second-order valence-corrected chi connectivity index (χ2v) is 10.0. The normalized spacial score (nSPS) is 14.1. The minimum Gasteiger partial charge on any atom is -0.481 e. The van der Waals surface area contributed by atoms with Crippen molar-refractivity contribution in [3.8, 4) is 22.4 Å². The Morgan fingerprint density at radius 2 is 1.60 bits per heavy atom. The van der Waals surface area contributed by atoms with Crippen molar-refractivity contribution in [2.24, 2.45) is 0 Å². The summed E-state index contributed by atoms with van der Waals surface area (Å²) in [6.07, 6.45) is -3.23. The molecule has 4 rings (SSSR count). The van der Waals surface area contributed by atoms with Crippen molar-refractivity contribution in [3.05, 3.63) is 102 Å². The molecule has 3 aromatic carbocycles. The summed E-state index contributed by atoms with van der Waals surface area (Å²) >= 11 is 0. The van der Waals surface area contributed by atoms with Gasteiger partial charge in [0.05, 0.1) is 36.7 Å². The maximum absolute atomic E-state index is 14.3. The molecule has 0 aliphatic carbocycles. The summed E-state index contributed by atoms with van der Waals surface area (Å²) in [6, 6.07) is 11.0. The molecule has 0 spiro atoms. The number of aromatic nitrogens is 1. The molecule has 0 unspecified atom stereocenters. The van der Waals surface area contributed by atoms with Crippen LogP contribution in [-0.2, 0) is 11.3 Å². The molecule has 0 saturated carbocycles. The minimum atomic E-state index is -1.30. The van der Waals surface area contributed by atoms with Crippen LogP contribution in [0.4, 0.5) is 10.1 Å². The number of carboxylic acid groups (broad SMARTS) is 1. The second kappa shape index (κ2) is 15.5. The average Bonchev–Trinajstić information content (AvgIpc) is 3.33. The molecule has 42 heavy (non-hydrogen) atoms. The zero-order chi connectivity index (χ0) is 33.9. The fourth-order valence-electron chi connectivity index (χ4n) is 4.94. The molecule has 0 aliphatic rings. The number of carbonyl (C=O) groups excluding carboxylic acids is 1. The third kappa shape index (κ3) is 8.30. The molecular formula is C33H35CaFN2O5. The number of aliphatic hydroxyl groups excluding tert-OH is 2. The molecule has 1 amide bonds. The van der Waals surface area contributed by atoms with Crippen LogP contribution in [0.1, 0.15) is 61.9 Å². The molecule has 2 atom stereocenters. The zero-order valence-corrected chi connectivity index (χ0v) is 25.7. The van der Waals surface area contributed by atoms with Crippen LogP contribution in [0.5, 0.6) is 0 Å². The average molecular weight is 604 g/mol. The number of carbonyl (C=O) groups is 2. The molecule has 9 heteroatoms. The van der Waals surface area contributed by atoms with E-state index >= 15 is 0 Å². The van der Waals surface area contributed by atoms with Crippen molar-refractivity contribution < 1.29 is 36.2 Å². The van der Waals surface area contributed by atoms with Crippen LogP contribution in [0.3, 0.4) is 0 Å². The monoisotopic (exact) mass is 603 g/mol. The standard InChI is InChI=1S/C33H35FN2O5.Ca/c1-21(2)31-30(33(41)35-25-11-7-4-8-12-25)29(22-9-5-3-6-10-22)32(23-13-15-24(34)16-14-23)36(31)18-17-26(37)19-27(38)20-28(39)40;/h3-16,21,26-27,37-38H,17-20H2,1-2H3,(H,35,41)(H,39,40);/t26-,27-;/m1./s1/i3D,5D,6D,9D,10D;. The van der Waals surface area contributed by atoms with Crippen LogP contribution in [0.25, 0.3) is 22.4 Å². The Labute approximate surface area is 282 Å². The number of rotatable bonds is 12. The van der Waals surface area contributed by atoms with Gasteiger partial charge >= 0.3 is 5.97 Å². The Morgan fingerprint density at radius 3 is 2.19 bits per heavy atom. The predicted octanol–water partition coefficient (Wildman–Crippen LogP) is 5.93. The van der Waals surface area contributed by atoms with Gasteiger partial charge in [0.15, 0.2) is 0 Å². The van der Waals surface area contributed by atoms with Gasteiger partial charge in [-0.25, -0.2) is 4.39 Å². The summed E-state index contributed by atoms with van der Waals surface area (Å²) in [4.78, 5) is 25.3. The number of hydrogen-bond acceptors (Lipinski definition) is 4. The molecule has 0 saturated heterocycles. The Hall–Kier alpha value is -3.01. The van der Waals surface area contributed by atoms with Gasteiger partial charge in [-0.15, -0.1) is 0 Å². The Kier molecular flexibility index (Phi) is 9.79. The molecule has 2 radical (unpaired) electrons. The van der Waals surface area contributed by atoms with E-state index in [0.717, 1.165) is 0 Å². The Bertz CT molecular complexity index is 1720. The van der Waals surface area contributed by atoms with Gasteiger partial charge in [0, 0.05) is 61.2 Å². The molecule has 216 valence electrons. The number of nitrogens with one attached hydrogen (secondary N) is 1. The first kappa shape index (κ1) is 26.6. The number of halogens is 1. The minimum absolute atomic E-state index is 0. The van der Waals surface area contributed by atoms with Crippen molar-refractivity contribution in [1.29, 1.82) is 0 Å². The van der Waals surface area contributed by atoms with E-state index in [1.54, 1.807) is 34.9 Å². The first-order chi connectivity index (χ1) is 21.7. The number of aliphatic hydroxyl groups is 2. The number of amides is 1. The van der Waals surface area contributed by atoms with Gasteiger partial charge < -0.3 is 25.2 Å². The molecule has 0 bridgehead atoms. The smallest absolute Gasteiger partial charge is 0.305 e. The second-order valence-electron chi connectivity index (χ2n) is 10.0. The zero-order valence-electron chi connectivity index (χ0n) is 28.4. The van der Waals surface area contributed by atoms with E-state index < -0.39 is 66.5 Å². The molecular weight excluding hydrogens is 563 g/mol. The van der Waals surface area contributed by atoms with E-state index in [1.165, 1.54) is 24.3 Å². The van der Waals surface area contributed by atoms with E-state index in [-0.39, 0.29) is 85.4 Å². The first-order valence-corrected chi connectivity index (χ1v) is 13.3. The number of para-hydroxylation sites is 1. The number of anilines is 1. The van der Waals surface area contributed by atoms with Crippen LogP contribution in [0.15, 0.2) is 84.8 Å². The molecule has 1 aromatic heterocycles. The maximum atomic E-state index is 14.3. The van der Waals surface area contributed by atoms with Crippen molar-refractivity contribution in [3.63, 3.8) is 0 Å². The van der Waals surface area contributed by atoms with Crippen LogP contribution in [0, 0.1) is 5.82 Å². The molecule has 7 nitrogen and oxygen atoms in total. The quantitative estimate of drug-likeness (QED) is 0.150. The van der Waals surface area contributed by atoms with Crippen LogP contribution in [0.2, 0.25) is 0 Å². The van der Waals surface area contributed by atoms with Crippen molar-refractivity contribution in [2.75, 3.05) is 5.32 Å². The summed E-state index contributed by atoms with van der Waals surface area (Å²) in [6.45, 7) is 3.65. The van der Waals surface area contributed by atoms with Gasteiger partial charge in [-0.3, -0.25) is 9.59 Å². The van der Waals surface area contributed by atoms with E-state index in [9.17, 15) is 24.2 Å². The topological polar surface area (TPSA) is 112 Å². The molecule has 0 aliphatic heterocycles. The predicted molar refractivity (Wildman–Crippen MR) is 163 cm³/mol. The van der Waals surface area contributed by atoms with Gasteiger partial charge in [-0.1, -0.05) is 62.3 Å². The third-order valence-electron chi connectivity index (χ3n) is 6.62. The number of carboxylic acids is 1. The van der Waals surface area contributed by atoms with Gasteiger partial charge in [0.2, 0.25) is 0 Å². The molecule has 4 N–H and O–H groups in total. The van der Waals surface area contributed by atoms with Gasteiger partial charge in [-0.05, 0) is 66.3 Å². The number of benzene rings is 3. The molecule has 0 fully saturated rings. The summed E-state index contributed by atoms with van der Waals surface area (Å²) < 4.78 is 58.4.